The Morgan fingerprint density at radius 2 is 1.30 bits per heavy atom. The van der Waals surface area contributed by atoms with Crippen LogP contribution in [0.3, 0.4) is 0 Å². The molecule has 1 unspecified atom stereocenters. The molecule has 8 atom stereocenters. The van der Waals surface area contributed by atoms with Gasteiger partial charge in [0, 0.05) is 5.92 Å². The third kappa shape index (κ3) is 11.0. The monoisotopic (exact) mass is 1110 g/mol. The van der Waals surface area contributed by atoms with Crippen LogP contribution in [0.1, 0.15) is 137 Å². The van der Waals surface area contributed by atoms with E-state index >= 15 is 13.2 Å². The average molecular weight is 1110 g/mol. The lowest BCUT2D eigenvalue weighted by molar-refractivity contribution is -0.300. The molecule has 0 aliphatic carbocycles. The molecule has 0 spiro atoms. The molecule has 2 aliphatic rings. The van der Waals surface area contributed by atoms with Gasteiger partial charge in [-0.2, -0.15) is 18.2 Å². The zero-order chi connectivity index (χ0) is 54.4. The summed E-state index contributed by atoms with van der Waals surface area (Å²) in [4.78, 5) is 44.5. The largest absolute Gasteiger partial charge is 0.500 e. The Morgan fingerprint density at radius 3 is 1.70 bits per heavy atom. The number of aromatic nitrogens is 4. The Bertz CT molecular complexity index is 2270. The zero-order valence-electron chi connectivity index (χ0n) is 44.6. The van der Waals surface area contributed by atoms with Gasteiger partial charge in [-0.15, -0.1) is 0 Å². The number of hydrogen-bond acceptors (Lipinski definition) is 16. The number of aliphatic hydroxyl groups is 4. The first-order valence-electron chi connectivity index (χ1n) is 24.8. The second-order valence-electron chi connectivity index (χ2n) is 22.4. The Morgan fingerprint density at radius 1 is 0.817 bits per heavy atom. The van der Waals surface area contributed by atoms with Gasteiger partial charge in [0.15, 0.2) is 29.7 Å². The van der Waals surface area contributed by atoms with E-state index < -0.39 is 143 Å². The maximum Gasteiger partial charge on any atom is 0.500 e. The van der Waals surface area contributed by atoms with E-state index in [1.165, 1.54) is 13.8 Å². The molecule has 0 bridgehead atoms. The molecule has 2 aliphatic heterocycles. The van der Waals surface area contributed by atoms with Crippen LogP contribution in [0.5, 0.6) is 0 Å². The Hall–Kier alpha value is -1.97. The summed E-state index contributed by atoms with van der Waals surface area (Å²) in [5, 5.41) is 46.8. The standard InChI is InChI=1S/C44H82F3N5O14SSi4/c1-22(2)38(56)50-42-49-37-33(39(57)52(42)40-35(55)34(54)31(19-53)62-40)48-21-51(37)41-43(58,67(59,60)44(45,46)47)36(64-66-71(29(15)16,30(17)18)69(25(7)8)26(9)10)32(63-41)20-61-65-70(27(11)12,28(13)14)68(23(3)4)24(5)6/h21-32,34-36,40-41,53-55,58,68-69H,19-20H2,1-18H3,(H,49,50,56)/t31-,32-,34-,35+,36-,40?,41-,43+/m1/s1. The van der Waals surface area contributed by atoms with Crippen LogP contribution >= 0.6 is 0 Å². The number of amides is 1. The van der Waals surface area contributed by atoms with Crippen molar-refractivity contribution in [3.8, 4) is 0 Å². The van der Waals surface area contributed by atoms with E-state index in [1.54, 1.807) is 0 Å². The van der Waals surface area contributed by atoms with Crippen LogP contribution in [-0.4, -0.2) is 140 Å². The SMILES string of the molecule is CC(C)C(=O)Nc1nc2c(ncn2[C@@H]2O[C@H](COO[Si](C(C)C)(C(C)C)[SiH](C(C)C)C(C)C)[C@@H](OO[Si](C(C)C)(C(C)C)[SiH](C(C)C)C(C)C)[C@]2(O)S(=O)(=O)C(F)(F)F)c(=O)n1C1O[C@H](CO)[C@@H](O)[C@@H]1O. The van der Waals surface area contributed by atoms with Gasteiger partial charge in [-0.25, -0.2) is 27.7 Å². The molecule has 2 saturated heterocycles. The minimum atomic E-state index is -6.84. The number of halogens is 3. The van der Waals surface area contributed by atoms with Gasteiger partial charge in [-0.05, 0) is 22.2 Å². The minimum absolute atomic E-state index is 0.00291. The van der Waals surface area contributed by atoms with Crippen molar-refractivity contribution in [3.63, 3.8) is 0 Å². The van der Waals surface area contributed by atoms with Gasteiger partial charge in [-0.1, -0.05) is 147 Å². The second-order valence-corrected chi connectivity index (χ2v) is 49.7. The van der Waals surface area contributed by atoms with Crippen molar-refractivity contribution in [2.75, 3.05) is 18.5 Å². The van der Waals surface area contributed by atoms with E-state index in [9.17, 15) is 38.4 Å². The van der Waals surface area contributed by atoms with Crippen molar-refractivity contribution in [1.29, 1.82) is 0 Å². The number of nitrogens with zero attached hydrogens (tertiary/aromatic N) is 4. The molecule has 71 heavy (non-hydrogen) atoms. The van der Waals surface area contributed by atoms with Crippen molar-refractivity contribution >= 4 is 65.2 Å². The number of anilines is 1. The van der Waals surface area contributed by atoms with Crippen LogP contribution in [0.4, 0.5) is 19.1 Å². The van der Waals surface area contributed by atoms with Crippen LogP contribution < -0.4 is 10.9 Å². The Balaban J connectivity index is 2.09. The number of sulfone groups is 1. The van der Waals surface area contributed by atoms with Crippen molar-refractivity contribution in [2.45, 2.75) is 222 Å². The summed E-state index contributed by atoms with van der Waals surface area (Å²) >= 11 is 0. The number of rotatable bonds is 23. The number of imidazole rings is 1. The number of aliphatic hydroxyl groups excluding tert-OH is 3. The highest BCUT2D eigenvalue weighted by molar-refractivity contribution is 7.93. The van der Waals surface area contributed by atoms with Gasteiger partial charge in [0.05, 0.1) is 29.6 Å². The molecule has 410 valence electrons. The second kappa shape index (κ2) is 23.1. The van der Waals surface area contributed by atoms with Crippen molar-refractivity contribution in [2.24, 2.45) is 5.92 Å². The molecule has 4 heterocycles. The summed E-state index contributed by atoms with van der Waals surface area (Å²) in [5.74, 6) is -2.18. The minimum Gasteiger partial charge on any atom is -0.394 e. The number of hydrogen-bond donors (Lipinski definition) is 5. The van der Waals surface area contributed by atoms with Crippen molar-refractivity contribution in [3.05, 3.63) is 16.7 Å². The van der Waals surface area contributed by atoms with Gasteiger partial charge in [-0.3, -0.25) is 28.6 Å². The lowest BCUT2D eigenvalue weighted by Crippen LogP contribution is -2.64. The molecule has 27 heteroatoms. The molecule has 19 nitrogen and oxygen atoms in total. The number of carbonyl (C=O) groups excluding carboxylic acids is 1. The Kier molecular flexibility index (Phi) is 20.0. The summed E-state index contributed by atoms with van der Waals surface area (Å²) in [7, 11) is -17.0. The third-order valence-electron chi connectivity index (χ3n) is 14.8. The summed E-state index contributed by atoms with van der Waals surface area (Å²) in [5.41, 5.74) is -8.39. The lowest BCUT2D eigenvalue weighted by Gasteiger charge is -2.47. The lowest BCUT2D eigenvalue weighted by atomic mass is 10.1. The van der Waals surface area contributed by atoms with E-state index in [0.717, 1.165) is 6.33 Å². The smallest absolute Gasteiger partial charge is 0.394 e. The highest BCUT2D eigenvalue weighted by atomic mass is 32.2. The van der Waals surface area contributed by atoms with Crippen LogP contribution in [0, 0.1) is 5.92 Å². The van der Waals surface area contributed by atoms with Gasteiger partial charge >= 0.3 is 5.51 Å². The maximum atomic E-state index is 15.4. The first kappa shape index (κ1) is 61.6. The molecule has 0 saturated carbocycles. The summed E-state index contributed by atoms with van der Waals surface area (Å²) in [6, 6.07) is 0. The molecule has 0 aromatic carbocycles. The van der Waals surface area contributed by atoms with Crippen LogP contribution in [-0.2, 0) is 43.0 Å². The number of alkyl halides is 3. The van der Waals surface area contributed by atoms with Gasteiger partial charge < -0.3 is 29.9 Å². The van der Waals surface area contributed by atoms with E-state index in [1.807, 2.05) is 27.7 Å². The highest BCUT2D eigenvalue weighted by Crippen LogP contribution is 2.52. The van der Waals surface area contributed by atoms with Crippen molar-refractivity contribution in [1.82, 2.24) is 19.1 Å². The third-order valence-corrected chi connectivity index (χ3v) is 55.4. The zero-order valence-corrected chi connectivity index (χ0v) is 49.7. The fourth-order valence-corrected chi connectivity index (χ4v) is 50.5. The topological polar surface area (TPSA) is 252 Å². The molecule has 5 N–H and O–H groups in total. The van der Waals surface area contributed by atoms with Crippen LogP contribution in [0.15, 0.2) is 11.1 Å². The molecule has 0 radical (unpaired) electrons. The summed E-state index contributed by atoms with van der Waals surface area (Å²) in [6.07, 6.45) is -13.1. The molecule has 2 fully saturated rings. The van der Waals surface area contributed by atoms with Crippen LogP contribution in [0.2, 0.25) is 44.3 Å². The van der Waals surface area contributed by atoms with E-state index in [0.29, 0.717) is 9.13 Å². The van der Waals surface area contributed by atoms with Gasteiger partial charge in [0.1, 0.15) is 31.0 Å². The fraction of sp³-hybridized carbons (Fsp3) is 0.864. The maximum absolute atomic E-state index is 15.4. The highest BCUT2D eigenvalue weighted by Gasteiger charge is 2.74. The molecular formula is C44H82F3N5O14SSi4. The van der Waals surface area contributed by atoms with E-state index in [-0.39, 0.29) is 44.3 Å². The van der Waals surface area contributed by atoms with Crippen LogP contribution in [0.25, 0.3) is 11.2 Å². The van der Waals surface area contributed by atoms with E-state index in [2.05, 4.69) is 98.4 Å². The molecule has 4 rings (SSSR count). The molecular weight excluding hydrogens is 1020 g/mol. The Labute approximate surface area is 421 Å². The normalized spacial score (nSPS) is 25.3. The van der Waals surface area contributed by atoms with Gasteiger partial charge in [0.2, 0.25) is 27.5 Å². The summed E-state index contributed by atoms with van der Waals surface area (Å²) in [6.45, 7) is 34.2. The first-order valence-corrected chi connectivity index (χ1v) is 36.7. The predicted molar refractivity (Wildman–Crippen MR) is 272 cm³/mol. The quantitative estimate of drug-likeness (QED) is 0.0461. The molecule has 1 amide bonds. The molecule has 2 aromatic rings. The fourth-order valence-electron chi connectivity index (χ4n) is 11.9. The first-order chi connectivity index (χ1) is 32.6. The molecule has 2 aromatic heterocycles. The number of ether oxygens (including phenoxy) is 2. The van der Waals surface area contributed by atoms with Gasteiger partial charge in [0.25, 0.3) is 20.3 Å². The number of carbonyl (C=O) groups is 1. The summed E-state index contributed by atoms with van der Waals surface area (Å²) < 4.78 is 102. The number of fused-ring (bicyclic) bond motifs is 1. The van der Waals surface area contributed by atoms with Crippen molar-refractivity contribution < 1.29 is 75.2 Å². The average Bonchev–Trinajstić information content (AvgIpc) is 3.88. The predicted octanol–water partition coefficient (Wildman–Crippen LogP) is 6.37. The number of nitrogens with one attached hydrogen (secondary N) is 1. The van der Waals surface area contributed by atoms with E-state index in [4.69, 9.17) is 28.4 Å².